The summed E-state index contributed by atoms with van der Waals surface area (Å²) in [5, 5.41) is 16.3. The first-order valence-corrected chi connectivity index (χ1v) is 5.65. The monoisotopic (exact) mass is 225 g/mol. The molecule has 0 bridgehead atoms. The predicted molar refractivity (Wildman–Crippen MR) is 62.2 cm³/mol. The van der Waals surface area contributed by atoms with Gasteiger partial charge in [0.2, 0.25) is 0 Å². The highest BCUT2D eigenvalue weighted by molar-refractivity contribution is 7.99. The number of nitrogen functional groups attached to an aromatic ring is 1. The summed E-state index contributed by atoms with van der Waals surface area (Å²) < 4.78 is 0. The molecular weight excluding hydrogens is 210 g/mol. The molecule has 1 atom stereocenters. The number of thioether (sulfide) groups is 1. The fourth-order valence-corrected chi connectivity index (χ4v) is 2.04. The maximum Gasteiger partial charge on any atom is 0.124 e. The van der Waals surface area contributed by atoms with Crippen molar-refractivity contribution >= 4 is 17.6 Å². The molecule has 82 valence electrons. The van der Waals surface area contributed by atoms with Crippen LogP contribution >= 0.6 is 11.8 Å². The summed E-state index contributed by atoms with van der Waals surface area (Å²) in [6.07, 6.45) is 3.32. The van der Waals surface area contributed by atoms with Crippen molar-refractivity contribution in [3.63, 3.8) is 0 Å². The summed E-state index contributed by atoms with van der Waals surface area (Å²) in [6.45, 7) is 2.14. The van der Waals surface area contributed by atoms with Gasteiger partial charge < -0.3 is 10.8 Å². The Hall–Kier alpha value is -1.07. The number of amidine groups is 1. The Balaban J connectivity index is 2.72. The topological polar surface area (TPSA) is 83.0 Å². The molecule has 0 aliphatic carbocycles. The minimum atomic E-state index is 0.0524. The van der Waals surface area contributed by atoms with Crippen LogP contribution in [-0.4, -0.2) is 28.3 Å². The standard InChI is InChI=1S/C10H15N3OS/c1-7(5-14)6-15-9-4-13-3-2-8(9)10(11)12/h2-4,7,14H,5-6H2,1H3,(H3,11,12). The van der Waals surface area contributed by atoms with Crippen LogP contribution in [0.5, 0.6) is 0 Å². The normalized spacial score (nSPS) is 12.4. The number of rotatable bonds is 5. The molecule has 0 saturated carbocycles. The molecule has 15 heavy (non-hydrogen) atoms. The van der Waals surface area contributed by atoms with Gasteiger partial charge >= 0.3 is 0 Å². The Morgan fingerprint density at radius 3 is 3.07 bits per heavy atom. The molecule has 1 aromatic heterocycles. The van der Waals surface area contributed by atoms with E-state index < -0.39 is 0 Å². The van der Waals surface area contributed by atoms with Gasteiger partial charge in [-0.1, -0.05) is 6.92 Å². The largest absolute Gasteiger partial charge is 0.396 e. The zero-order chi connectivity index (χ0) is 11.3. The van der Waals surface area contributed by atoms with Crippen molar-refractivity contribution in [2.24, 2.45) is 11.7 Å². The number of nitrogens with one attached hydrogen (secondary N) is 1. The van der Waals surface area contributed by atoms with Crippen molar-refractivity contribution in [3.05, 3.63) is 24.0 Å². The fourth-order valence-electron chi connectivity index (χ4n) is 1.00. The lowest BCUT2D eigenvalue weighted by molar-refractivity contribution is 0.250. The lowest BCUT2D eigenvalue weighted by Gasteiger charge is -2.09. The van der Waals surface area contributed by atoms with Crippen molar-refractivity contribution in [1.82, 2.24) is 4.98 Å². The van der Waals surface area contributed by atoms with Crippen LogP contribution in [0.15, 0.2) is 23.4 Å². The second-order valence-electron chi connectivity index (χ2n) is 3.38. The molecule has 0 saturated heterocycles. The number of nitrogens with zero attached hydrogens (tertiary/aromatic N) is 1. The molecule has 4 nitrogen and oxygen atoms in total. The SMILES string of the molecule is CC(CO)CSc1cnccc1C(=N)N. The number of aromatic nitrogens is 1. The van der Waals surface area contributed by atoms with Crippen molar-refractivity contribution in [2.45, 2.75) is 11.8 Å². The van der Waals surface area contributed by atoms with E-state index in [2.05, 4.69) is 4.98 Å². The third-order valence-electron chi connectivity index (χ3n) is 1.91. The Bertz CT molecular complexity index is 343. The molecule has 4 N–H and O–H groups in total. The summed E-state index contributed by atoms with van der Waals surface area (Å²) in [5.41, 5.74) is 6.15. The molecular formula is C10H15N3OS. The molecule has 1 unspecified atom stereocenters. The van der Waals surface area contributed by atoms with Crippen LogP contribution in [0.4, 0.5) is 0 Å². The number of nitrogens with two attached hydrogens (primary N) is 1. The van der Waals surface area contributed by atoms with Gasteiger partial charge in [-0.2, -0.15) is 0 Å². The van der Waals surface area contributed by atoms with Crippen molar-refractivity contribution in [2.75, 3.05) is 12.4 Å². The van der Waals surface area contributed by atoms with Gasteiger partial charge in [-0.25, -0.2) is 0 Å². The van der Waals surface area contributed by atoms with Gasteiger partial charge in [-0.3, -0.25) is 10.4 Å². The molecule has 0 radical (unpaired) electrons. The first kappa shape index (κ1) is 12.0. The third kappa shape index (κ3) is 3.53. The quantitative estimate of drug-likeness (QED) is 0.398. The lowest BCUT2D eigenvalue weighted by atomic mass is 10.2. The second kappa shape index (κ2) is 5.72. The molecule has 0 aliphatic rings. The fraction of sp³-hybridized carbons (Fsp3) is 0.400. The number of aliphatic hydroxyl groups excluding tert-OH is 1. The van der Waals surface area contributed by atoms with E-state index in [-0.39, 0.29) is 18.4 Å². The Morgan fingerprint density at radius 2 is 2.47 bits per heavy atom. The van der Waals surface area contributed by atoms with Gasteiger partial charge in [0.15, 0.2) is 0 Å². The maximum absolute atomic E-state index is 8.90. The first-order chi connectivity index (χ1) is 7.15. The molecule has 1 rings (SSSR count). The van der Waals surface area contributed by atoms with Gasteiger partial charge in [0, 0.05) is 35.2 Å². The third-order valence-corrected chi connectivity index (χ3v) is 3.28. The summed E-state index contributed by atoms with van der Waals surface area (Å²) in [4.78, 5) is 4.89. The van der Waals surface area contributed by atoms with Gasteiger partial charge in [0.05, 0.1) is 0 Å². The van der Waals surface area contributed by atoms with Crippen molar-refractivity contribution in [1.29, 1.82) is 5.41 Å². The summed E-state index contributed by atoms with van der Waals surface area (Å²) >= 11 is 1.56. The van der Waals surface area contributed by atoms with E-state index in [1.54, 1.807) is 30.2 Å². The smallest absolute Gasteiger partial charge is 0.124 e. The number of pyridine rings is 1. The maximum atomic E-state index is 8.90. The molecule has 0 spiro atoms. The Labute approximate surface area is 93.4 Å². The molecule has 0 aliphatic heterocycles. The summed E-state index contributed by atoms with van der Waals surface area (Å²) in [5.74, 6) is 1.08. The van der Waals surface area contributed by atoms with Crippen molar-refractivity contribution in [3.8, 4) is 0 Å². The highest BCUT2D eigenvalue weighted by atomic mass is 32.2. The molecule has 0 fully saturated rings. The average molecular weight is 225 g/mol. The Morgan fingerprint density at radius 1 is 1.73 bits per heavy atom. The van der Waals surface area contributed by atoms with E-state index in [0.717, 1.165) is 10.6 Å². The molecule has 0 aromatic carbocycles. The zero-order valence-electron chi connectivity index (χ0n) is 8.60. The van der Waals surface area contributed by atoms with Crippen LogP contribution in [0.2, 0.25) is 0 Å². The first-order valence-electron chi connectivity index (χ1n) is 4.67. The number of hydrogen-bond donors (Lipinski definition) is 3. The van der Waals surface area contributed by atoms with Crippen LogP contribution in [-0.2, 0) is 0 Å². The zero-order valence-corrected chi connectivity index (χ0v) is 9.42. The highest BCUT2D eigenvalue weighted by Gasteiger charge is 2.07. The van der Waals surface area contributed by atoms with Gasteiger partial charge in [-0.15, -0.1) is 11.8 Å². The van der Waals surface area contributed by atoms with Gasteiger partial charge in [0.1, 0.15) is 5.84 Å². The minimum Gasteiger partial charge on any atom is -0.396 e. The van der Waals surface area contributed by atoms with Crippen LogP contribution in [0.25, 0.3) is 0 Å². The van der Waals surface area contributed by atoms with E-state index in [4.69, 9.17) is 16.2 Å². The van der Waals surface area contributed by atoms with Crippen LogP contribution in [0.3, 0.4) is 0 Å². The number of hydrogen-bond acceptors (Lipinski definition) is 4. The minimum absolute atomic E-state index is 0.0524. The van der Waals surface area contributed by atoms with Crippen molar-refractivity contribution < 1.29 is 5.11 Å². The molecule has 0 amide bonds. The predicted octanol–water partition coefficient (Wildman–Crippen LogP) is 1.09. The second-order valence-corrected chi connectivity index (χ2v) is 4.45. The van der Waals surface area contributed by atoms with Gasteiger partial charge in [-0.05, 0) is 12.0 Å². The van der Waals surface area contributed by atoms with Crippen LogP contribution < -0.4 is 5.73 Å². The van der Waals surface area contributed by atoms with Crippen LogP contribution in [0.1, 0.15) is 12.5 Å². The van der Waals surface area contributed by atoms with E-state index in [1.807, 2.05) is 6.92 Å². The average Bonchev–Trinajstić information content (AvgIpc) is 2.26. The summed E-state index contributed by atoms with van der Waals surface area (Å²) in [6, 6.07) is 1.73. The Kier molecular flexibility index (Phi) is 4.58. The summed E-state index contributed by atoms with van der Waals surface area (Å²) in [7, 11) is 0. The number of aliphatic hydroxyl groups is 1. The molecule has 1 heterocycles. The molecule has 5 heteroatoms. The van der Waals surface area contributed by atoms with E-state index in [1.165, 1.54) is 0 Å². The van der Waals surface area contributed by atoms with E-state index >= 15 is 0 Å². The van der Waals surface area contributed by atoms with E-state index in [0.29, 0.717) is 5.56 Å². The highest BCUT2D eigenvalue weighted by Crippen LogP contribution is 2.23. The lowest BCUT2D eigenvalue weighted by Crippen LogP contribution is -2.13. The van der Waals surface area contributed by atoms with Crippen LogP contribution in [0, 0.1) is 11.3 Å². The molecule has 1 aromatic rings. The van der Waals surface area contributed by atoms with E-state index in [9.17, 15) is 0 Å². The van der Waals surface area contributed by atoms with Gasteiger partial charge in [0.25, 0.3) is 0 Å².